The zero-order chi connectivity index (χ0) is 31.8. The SMILES string of the molecule is C[C@@]12COP(=O)(O)O[C@@H]3[C@H](O)[C@@H](CO[P+](=O)O[C@H]1[C@@H](O)[C@H](n1cnc4c(N)ncnc41)C2)O[C@H]3c1snc2c(=O)[nH]c(N)nc12. The number of fused-ring (bicyclic) bond motifs is 5. The van der Waals surface area contributed by atoms with Crippen molar-refractivity contribution in [2.45, 2.75) is 56.0 Å². The van der Waals surface area contributed by atoms with Crippen molar-refractivity contribution in [2.75, 3.05) is 24.7 Å². The van der Waals surface area contributed by atoms with Gasteiger partial charge in [0.15, 0.2) is 23.1 Å². The van der Waals surface area contributed by atoms with E-state index in [1.165, 1.54) is 12.7 Å². The number of nitrogens with one attached hydrogen (secondary N) is 1. The number of hydrogen-bond acceptors (Lipinski definition) is 18. The molecule has 2 saturated heterocycles. The fraction of sp³-hybridized carbons (Fsp3) is 0.545. The standard InChI is InChI=1S/C22H25N9O11P2S/c1-22-2-7(31-6-27-11-18(23)25-5-26-19(11)31)12(32)17(22)41-43(35)38-3-8-13(33)14(42-44(36,37)39-4-22)15(40-8)16-9-10(30-45-16)20(34)29-21(24)28-9/h5-8,12-15,17,32-33H,2-4H2,1H3,(H5-,23,24,25,26,28,29,34,36,37)/p+1/t7-,8-,12+,13-,14-,15-,17+,22-/m1/s1. The molecule has 0 spiro atoms. The molecule has 1 aliphatic carbocycles. The van der Waals surface area contributed by atoms with Gasteiger partial charge in [0, 0.05) is 9.98 Å². The summed E-state index contributed by atoms with van der Waals surface area (Å²) in [4.78, 5) is 42.2. The van der Waals surface area contributed by atoms with E-state index in [0.29, 0.717) is 11.2 Å². The number of nitrogens with zero attached hydrogens (tertiary/aromatic N) is 6. The van der Waals surface area contributed by atoms with Gasteiger partial charge in [0.1, 0.15) is 54.5 Å². The largest absolute Gasteiger partial charge is 0.697 e. The number of aromatic nitrogens is 7. The Bertz CT molecular complexity index is 1920. The van der Waals surface area contributed by atoms with Gasteiger partial charge in [-0.05, 0) is 18.0 Å². The Morgan fingerprint density at radius 2 is 2.00 bits per heavy atom. The first kappa shape index (κ1) is 30.6. The quantitative estimate of drug-likeness (QED) is 0.152. The van der Waals surface area contributed by atoms with Crippen LogP contribution in [0.15, 0.2) is 17.4 Å². The van der Waals surface area contributed by atoms with Crippen molar-refractivity contribution >= 4 is 61.6 Å². The number of nitrogen functional groups attached to an aromatic ring is 2. The summed E-state index contributed by atoms with van der Waals surface area (Å²) in [6.07, 6.45) is -5.54. The molecule has 1 saturated carbocycles. The lowest BCUT2D eigenvalue weighted by Gasteiger charge is -2.29. The smallest absolute Gasteiger partial charge is 0.388 e. The van der Waals surface area contributed by atoms with Gasteiger partial charge >= 0.3 is 16.1 Å². The number of H-pyrrole nitrogens is 1. The maximum absolute atomic E-state index is 13.4. The number of aliphatic hydroxyl groups excluding tert-OH is 2. The van der Waals surface area contributed by atoms with Gasteiger partial charge in [-0.15, -0.1) is 9.05 Å². The molecule has 7 rings (SSSR count). The number of phosphoric acid groups is 1. The highest BCUT2D eigenvalue weighted by Gasteiger charge is 2.59. The molecule has 2 aliphatic heterocycles. The molecule has 20 nitrogen and oxygen atoms in total. The molecule has 4 aromatic heterocycles. The summed E-state index contributed by atoms with van der Waals surface area (Å²) in [5.41, 5.74) is 10.4. The Morgan fingerprint density at radius 1 is 1.20 bits per heavy atom. The van der Waals surface area contributed by atoms with Gasteiger partial charge in [-0.25, -0.2) is 24.5 Å². The van der Waals surface area contributed by atoms with Crippen LogP contribution >= 0.6 is 27.6 Å². The van der Waals surface area contributed by atoms with Gasteiger partial charge in [-0.3, -0.25) is 18.8 Å². The van der Waals surface area contributed by atoms with E-state index in [1.807, 2.05) is 0 Å². The highest BCUT2D eigenvalue weighted by Crippen LogP contribution is 2.56. The Kier molecular flexibility index (Phi) is 7.49. The normalized spacial score (nSPS) is 36.9. The number of ether oxygens (including phenoxy) is 1. The molecule has 10 atom stereocenters. The third-order valence-corrected chi connectivity index (χ3v) is 10.8. The second-order valence-corrected chi connectivity index (χ2v) is 14.3. The van der Waals surface area contributed by atoms with Crippen LogP contribution in [0.3, 0.4) is 0 Å². The summed E-state index contributed by atoms with van der Waals surface area (Å²) in [6, 6.07) is -0.772. The number of phosphoric ester groups is 1. The monoisotopic (exact) mass is 686 g/mol. The predicted octanol–water partition coefficient (Wildman–Crippen LogP) is 0.0717. The van der Waals surface area contributed by atoms with Crippen LogP contribution in [0, 0.1) is 5.41 Å². The zero-order valence-corrected chi connectivity index (χ0v) is 25.7. The molecule has 6 heterocycles. The minimum Gasteiger partial charge on any atom is -0.388 e. The second-order valence-electron chi connectivity index (χ2n) is 11.1. The van der Waals surface area contributed by atoms with Gasteiger partial charge in [0.05, 0.1) is 23.9 Å². The Labute approximate surface area is 256 Å². The molecule has 0 amide bonds. The minimum absolute atomic E-state index is 0.0400. The highest BCUT2D eigenvalue weighted by molar-refractivity contribution is 7.47. The molecule has 8 N–H and O–H groups in total. The Hall–Kier alpha value is -3.07. The van der Waals surface area contributed by atoms with E-state index in [-0.39, 0.29) is 34.1 Å². The van der Waals surface area contributed by atoms with Crippen LogP contribution in [0.2, 0.25) is 0 Å². The molecular formula is C22H26N9O11P2S+. The summed E-state index contributed by atoms with van der Waals surface area (Å²) in [5.74, 6) is -0.0825. The van der Waals surface area contributed by atoms with Gasteiger partial charge in [-0.2, -0.15) is 4.37 Å². The van der Waals surface area contributed by atoms with E-state index < -0.39 is 82.9 Å². The Balaban J connectivity index is 1.21. The van der Waals surface area contributed by atoms with Crippen molar-refractivity contribution < 1.29 is 47.1 Å². The lowest BCUT2D eigenvalue weighted by molar-refractivity contribution is -0.0444. The molecule has 2 unspecified atom stereocenters. The third-order valence-electron chi connectivity index (χ3n) is 8.14. The maximum atomic E-state index is 13.4. The fourth-order valence-electron chi connectivity index (χ4n) is 5.97. The molecule has 0 aromatic carbocycles. The van der Waals surface area contributed by atoms with E-state index in [1.54, 1.807) is 11.5 Å². The van der Waals surface area contributed by atoms with Gasteiger partial charge in [-0.1, -0.05) is 6.92 Å². The second kappa shape index (κ2) is 11.0. The minimum atomic E-state index is -4.98. The Morgan fingerprint density at radius 3 is 2.80 bits per heavy atom. The highest BCUT2D eigenvalue weighted by atomic mass is 32.1. The maximum Gasteiger partial charge on any atom is 0.697 e. The average Bonchev–Trinajstić information content (AvgIpc) is 3.73. The summed E-state index contributed by atoms with van der Waals surface area (Å²) in [5, 5.41) is 22.5. The predicted molar refractivity (Wildman–Crippen MR) is 153 cm³/mol. The summed E-state index contributed by atoms with van der Waals surface area (Å²) >= 11 is 0.791. The molecular weight excluding hydrogens is 660 g/mol. The molecule has 4 aromatic rings. The molecule has 2 bridgehead atoms. The first-order chi connectivity index (χ1) is 21.3. The van der Waals surface area contributed by atoms with Crippen molar-refractivity contribution in [3.05, 3.63) is 27.9 Å². The van der Waals surface area contributed by atoms with E-state index in [0.717, 1.165) is 11.5 Å². The number of aromatic amines is 1. The van der Waals surface area contributed by atoms with Gasteiger partial charge in [0.2, 0.25) is 5.95 Å². The van der Waals surface area contributed by atoms with Crippen LogP contribution in [-0.2, 0) is 32.0 Å². The van der Waals surface area contributed by atoms with E-state index in [9.17, 15) is 29.0 Å². The number of rotatable bonds is 2. The summed E-state index contributed by atoms with van der Waals surface area (Å²) in [6.45, 7) is 0.568. The topological polar surface area (TPSA) is 295 Å². The fourth-order valence-corrected chi connectivity index (χ4v) is 8.81. The van der Waals surface area contributed by atoms with Gasteiger partial charge < -0.3 is 35.9 Å². The van der Waals surface area contributed by atoms with Crippen LogP contribution in [0.1, 0.15) is 30.4 Å². The molecule has 3 aliphatic rings. The van der Waals surface area contributed by atoms with Crippen LogP contribution in [-0.4, -0.2) is 92.7 Å². The number of imidazole rings is 1. The van der Waals surface area contributed by atoms with E-state index in [2.05, 4.69) is 29.3 Å². The molecule has 240 valence electrons. The van der Waals surface area contributed by atoms with E-state index >= 15 is 0 Å². The number of anilines is 2. The van der Waals surface area contributed by atoms with Crippen molar-refractivity contribution in [3.8, 4) is 0 Å². The summed E-state index contributed by atoms with van der Waals surface area (Å²) < 4.78 is 60.1. The molecule has 3 fully saturated rings. The van der Waals surface area contributed by atoms with E-state index in [4.69, 9.17) is 34.3 Å². The van der Waals surface area contributed by atoms with Crippen LogP contribution < -0.4 is 17.0 Å². The number of hydrogen-bond donors (Lipinski definition) is 6. The molecule has 23 heteroatoms. The van der Waals surface area contributed by atoms with Crippen LogP contribution in [0.4, 0.5) is 11.8 Å². The zero-order valence-electron chi connectivity index (χ0n) is 23.1. The van der Waals surface area contributed by atoms with Crippen molar-refractivity contribution in [3.63, 3.8) is 0 Å². The van der Waals surface area contributed by atoms with Gasteiger partial charge in [0.25, 0.3) is 5.56 Å². The van der Waals surface area contributed by atoms with Crippen LogP contribution in [0.5, 0.6) is 0 Å². The van der Waals surface area contributed by atoms with Crippen molar-refractivity contribution in [1.29, 1.82) is 0 Å². The lowest BCUT2D eigenvalue weighted by atomic mass is 9.87. The van der Waals surface area contributed by atoms with Crippen molar-refractivity contribution in [2.24, 2.45) is 5.41 Å². The number of aliphatic hydroxyl groups is 2. The average molecular weight is 687 g/mol. The third kappa shape index (κ3) is 5.23. The summed E-state index contributed by atoms with van der Waals surface area (Å²) in [7, 11) is -7.92. The molecule has 0 radical (unpaired) electrons. The first-order valence-corrected chi connectivity index (χ1v) is 16.7. The van der Waals surface area contributed by atoms with Crippen molar-refractivity contribution in [1.82, 2.24) is 33.9 Å². The number of nitrogens with two attached hydrogens (primary N) is 2. The molecule has 45 heavy (non-hydrogen) atoms. The van der Waals surface area contributed by atoms with Crippen LogP contribution in [0.25, 0.3) is 22.2 Å². The first-order valence-electron chi connectivity index (χ1n) is 13.4. The lowest BCUT2D eigenvalue weighted by Crippen LogP contribution is -2.39.